The van der Waals surface area contributed by atoms with Crippen LogP contribution in [0.3, 0.4) is 0 Å². The van der Waals surface area contributed by atoms with Gasteiger partial charge >= 0.3 is 0 Å². The summed E-state index contributed by atoms with van der Waals surface area (Å²) < 4.78 is 70.9. The summed E-state index contributed by atoms with van der Waals surface area (Å²) in [6, 6.07) is 0. The SMILES string of the molecule is C[C@H](CC[C@@H](O[C@@H]1O[C@H](CO[C@@H]2O[C@H](CO[C@@H]3O[C@H](CO)[C@@H](O)[C@H](O)[C@H]3O)[C@@H](O)[C@H](O)[C@H]2O)[C@@H](O)[C@H](O)[C@H]1O[C@H]1O[C@@H](CO)[C@H](O)[C@@H](O)[C@@H]1O)C(C)(C)O)C1CC[C@@]2(C)C3CC=C4C(CC[C@H](O[C@@H]5O[C@H](CO[C@@H]6O[C@H](CO)[C@@H](O)[C@H](O)[C@H]6O)[C@@H](O)[C@H](O)[C@H]5O)C4(C)C)[C@]3(C)[C@H](O)C[C@]12C. The first-order valence-corrected chi connectivity index (χ1v) is 35.1. The number of aliphatic hydroxyl groups is 22. The van der Waals surface area contributed by atoms with Crippen LogP contribution in [0.5, 0.6) is 0 Å². The number of hydrogen-bond donors (Lipinski definition) is 22. The predicted octanol–water partition coefficient (Wildman–Crippen LogP) is -7.58. The van der Waals surface area contributed by atoms with Crippen molar-refractivity contribution in [1.82, 2.24) is 0 Å². The fourth-order valence-electron chi connectivity index (χ4n) is 18.4. The quantitative estimate of drug-likeness (QED) is 0.0423. The van der Waals surface area contributed by atoms with Crippen LogP contribution in [0.4, 0.5) is 0 Å². The number of ether oxygens (including phenoxy) is 12. The van der Waals surface area contributed by atoms with Crippen molar-refractivity contribution in [3.63, 3.8) is 0 Å². The smallest absolute Gasteiger partial charge is 0.187 e. The summed E-state index contributed by atoms with van der Waals surface area (Å²) in [5.41, 5.74) is -2.71. The summed E-state index contributed by atoms with van der Waals surface area (Å²) >= 11 is 0. The minimum atomic E-state index is -2.04. The van der Waals surface area contributed by atoms with Gasteiger partial charge < -0.3 is 169 Å². The molecule has 0 radical (unpaired) electrons. The highest BCUT2D eigenvalue weighted by Gasteiger charge is 2.71. The van der Waals surface area contributed by atoms with Gasteiger partial charge in [-0.2, -0.15) is 0 Å². The highest BCUT2D eigenvalue weighted by atomic mass is 16.8. The zero-order valence-electron chi connectivity index (χ0n) is 57.6. The molecule has 0 aromatic carbocycles. The van der Waals surface area contributed by atoms with Crippen LogP contribution in [0.1, 0.15) is 107 Å². The van der Waals surface area contributed by atoms with Crippen LogP contribution in [-0.2, 0) is 56.8 Å². The number of fused-ring (bicyclic) bond motifs is 5. The van der Waals surface area contributed by atoms with E-state index in [1.54, 1.807) is 0 Å². The summed E-state index contributed by atoms with van der Waals surface area (Å²) in [6.45, 7) is 11.5. The van der Waals surface area contributed by atoms with E-state index in [1.807, 2.05) is 13.8 Å². The number of rotatable bonds is 23. The molecule has 0 amide bonds. The Morgan fingerprint density at radius 1 is 0.460 bits per heavy atom. The van der Waals surface area contributed by atoms with Gasteiger partial charge in [-0.15, -0.1) is 0 Å². The van der Waals surface area contributed by atoms with Gasteiger partial charge in [0, 0.05) is 10.8 Å². The van der Waals surface area contributed by atoms with E-state index < -0.39 is 264 Å². The molecule has 100 heavy (non-hydrogen) atoms. The molecule has 6 heterocycles. The molecule has 9 fully saturated rings. The van der Waals surface area contributed by atoms with Gasteiger partial charge in [0.05, 0.1) is 63.6 Å². The average molecular weight is 1450 g/mol. The van der Waals surface area contributed by atoms with Gasteiger partial charge in [0.2, 0.25) is 0 Å². The predicted molar refractivity (Wildman–Crippen MR) is 333 cm³/mol. The molecule has 34 nitrogen and oxygen atoms in total. The Hall–Kier alpha value is -1.62. The lowest BCUT2D eigenvalue weighted by atomic mass is 9.38. The fourth-order valence-corrected chi connectivity index (χ4v) is 18.4. The summed E-state index contributed by atoms with van der Waals surface area (Å²) in [5, 5.41) is 239. The molecule has 3 unspecified atom stereocenters. The molecule has 0 spiro atoms. The number of aliphatic hydroxyl groups excluding tert-OH is 21. The zero-order valence-corrected chi connectivity index (χ0v) is 57.6. The summed E-state index contributed by atoms with van der Waals surface area (Å²) in [6.07, 6.45) is -47.9. The van der Waals surface area contributed by atoms with Gasteiger partial charge in [-0.25, -0.2) is 0 Å². The Morgan fingerprint density at radius 2 is 0.850 bits per heavy atom. The van der Waals surface area contributed by atoms with Crippen molar-refractivity contribution in [3.8, 4) is 0 Å². The molecule has 6 aliphatic heterocycles. The van der Waals surface area contributed by atoms with Crippen LogP contribution in [-0.4, -0.2) is 360 Å². The first kappa shape index (κ1) is 80.9. The molecule has 4 aliphatic carbocycles. The Balaban J connectivity index is 0.815. The van der Waals surface area contributed by atoms with Gasteiger partial charge in [0.1, 0.15) is 146 Å². The lowest BCUT2D eigenvalue weighted by Crippen LogP contribution is -2.65. The van der Waals surface area contributed by atoms with Gasteiger partial charge in [-0.05, 0) is 99.7 Å². The van der Waals surface area contributed by atoms with Gasteiger partial charge in [0.15, 0.2) is 37.7 Å². The maximum absolute atomic E-state index is 12.9. The third kappa shape index (κ3) is 14.9. The second-order valence-corrected chi connectivity index (χ2v) is 31.6. The van der Waals surface area contributed by atoms with E-state index >= 15 is 0 Å². The molecular weight excluding hydrogens is 1340 g/mol. The molecule has 0 aromatic rings. The van der Waals surface area contributed by atoms with Crippen LogP contribution >= 0.6 is 0 Å². The lowest BCUT2D eigenvalue weighted by Gasteiger charge is -2.67. The highest BCUT2D eigenvalue weighted by Crippen LogP contribution is 2.75. The van der Waals surface area contributed by atoms with Gasteiger partial charge in [-0.3, -0.25) is 0 Å². The van der Waals surface area contributed by atoms with Crippen molar-refractivity contribution in [1.29, 1.82) is 0 Å². The van der Waals surface area contributed by atoms with E-state index in [1.165, 1.54) is 13.8 Å². The summed E-state index contributed by atoms with van der Waals surface area (Å²) in [7, 11) is 0. The second-order valence-electron chi connectivity index (χ2n) is 31.6. The van der Waals surface area contributed by atoms with Crippen LogP contribution in [0.2, 0.25) is 0 Å². The molecule has 40 atom stereocenters. The summed E-state index contributed by atoms with van der Waals surface area (Å²) in [4.78, 5) is 0. The minimum Gasteiger partial charge on any atom is -0.394 e. The molecule has 22 N–H and O–H groups in total. The Morgan fingerprint density at radius 3 is 1.30 bits per heavy atom. The largest absolute Gasteiger partial charge is 0.394 e. The topological polar surface area (TPSA) is 556 Å². The fraction of sp³-hybridized carbons (Fsp3) is 0.970. The van der Waals surface area contributed by atoms with Crippen LogP contribution < -0.4 is 0 Å². The Bertz CT molecular complexity index is 2670. The first-order chi connectivity index (χ1) is 46.8. The van der Waals surface area contributed by atoms with E-state index in [9.17, 15) is 112 Å². The maximum Gasteiger partial charge on any atom is 0.187 e. The second kappa shape index (κ2) is 31.5. The maximum atomic E-state index is 12.9. The standard InChI is InChI=1S/C66H112O34/c1-24(25-15-16-64(6)34-12-10-26-27(66(34,8)35(70)17-65(25,64)7)11-14-36(62(26,2)3)98-59-53(86)48(81)42(75)32(96-59)22-90-57-51(84)45(78)39(72)29(19-68)93-57)9-13-37(63(4,5)88)99-61-55(100-60-54(87)46(79)40(73)30(20-69)94-60)49(82)43(76)33(97-61)23-91-58-52(85)47(80)41(74)31(95-58)21-89-56-50(83)44(77)38(71)28(18-67)92-56/h10,24-25,27-61,67-88H,9,11-23H2,1-8H3/t24-,25?,27?,28-,29-,30+,31-,32-,33-,34?,35-,36+,37-,38-,39-,40+,41-,42-,43-,44+,45+,46-,47+,48+,49+,50-,51-,52-,53-,54+,55-,56-,57-,58-,59+,60-,61+,64+,65-,66+/m1/s1. The van der Waals surface area contributed by atoms with Crippen LogP contribution in [0.15, 0.2) is 11.6 Å². The van der Waals surface area contributed by atoms with Crippen molar-refractivity contribution in [3.05, 3.63) is 11.6 Å². The van der Waals surface area contributed by atoms with E-state index in [0.717, 1.165) is 18.4 Å². The molecule has 0 aromatic heterocycles. The highest BCUT2D eigenvalue weighted by molar-refractivity contribution is 5.32. The molecular formula is C66H112O34. The van der Waals surface area contributed by atoms with Crippen molar-refractivity contribution < 1.29 is 169 Å². The normalized spacial score (nSPS) is 52.1. The third-order valence-electron chi connectivity index (χ3n) is 25.0. The number of hydrogen-bond acceptors (Lipinski definition) is 34. The first-order valence-electron chi connectivity index (χ1n) is 35.1. The molecule has 10 aliphatic rings. The monoisotopic (exact) mass is 1450 g/mol. The molecule has 0 bridgehead atoms. The molecule has 6 saturated heterocycles. The minimum absolute atomic E-state index is 0.00195. The average Bonchev–Trinajstić information content (AvgIpc) is 1.32. The van der Waals surface area contributed by atoms with Crippen molar-refractivity contribution >= 4 is 0 Å². The Labute approximate surface area is 579 Å². The summed E-state index contributed by atoms with van der Waals surface area (Å²) in [5.74, 6) is -0.169. The molecule has 10 rings (SSSR count). The van der Waals surface area contributed by atoms with Gasteiger partial charge in [-0.1, -0.05) is 53.2 Å². The number of allylic oxidation sites excluding steroid dienone is 1. The molecule has 3 saturated carbocycles. The molecule has 34 heteroatoms. The van der Waals surface area contributed by atoms with Crippen molar-refractivity contribution in [2.45, 2.75) is 315 Å². The van der Waals surface area contributed by atoms with E-state index in [-0.39, 0.29) is 35.5 Å². The van der Waals surface area contributed by atoms with E-state index in [2.05, 4.69) is 33.8 Å². The van der Waals surface area contributed by atoms with Crippen LogP contribution in [0.25, 0.3) is 0 Å². The Kier molecular flexibility index (Phi) is 25.5. The third-order valence-corrected chi connectivity index (χ3v) is 25.0. The lowest BCUT2D eigenvalue weighted by molar-refractivity contribution is -0.380. The zero-order chi connectivity index (χ0) is 73.5. The van der Waals surface area contributed by atoms with Crippen molar-refractivity contribution in [2.24, 2.45) is 45.3 Å². The van der Waals surface area contributed by atoms with Gasteiger partial charge in [0.25, 0.3) is 0 Å². The van der Waals surface area contributed by atoms with E-state index in [4.69, 9.17) is 56.8 Å². The van der Waals surface area contributed by atoms with Crippen LogP contribution in [0, 0.1) is 45.3 Å². The molecule has 580 valence electrons. The van der Waals surface area contributed by atoms with E-state index in [0.29, 0.717) is 32.1 Å². The van der Waals surface area contributed by atoms with Crippen molar-refractivity contribution in [2.75, 3.05) is 39.6 Å².